The standard InChI is InChI=1S/C13H20N2O2/c16-13(9-6-17-4-3-14-9)15-12-10-7-1-2-8(5-7)11(10)12/h7-12,14H,1-6H2,(H,15,16). The minimum atomic E-state index is -0.122. The van der Waals surface area contributed by atoms with Crippen molar-refractivity contribution in [2.45, 2.75) is 31.3 Å². The van der Waals surface area contributed by atoms with Crippen LogP contribution in [0.5, 0.6) is 0 Å². The number of rotatable bonds is 2. The van der Waals surface area contributed by atoms with Crippen LogP contribution in [0, 0.1) is 23.7 Å². The third-order valence-corrected chi connectivity index (χ3v) is 5.28. The first-order valence-corrected chi connectivity index (χ1v) is 6.96. The highest BCUT2D eigenvalue weighted by molar-refractivity contribution is 5.82. The maximum atomic E-state index is 12.1. The minimum absolute atomic E-state index is 0.122. The van der Waals surface area contributed by atoms with Gasteiger partial charge >= 0.3 is 0 Å². The minimum Gasteiger partial charge on any atom is -0.378 e. The monoisotopic (exact) mass is 236 g/mol. The van der Waals surface area contributed by atoms with Crippen molar-refractivity contribution in [3.8, 4) is 0 Å². The molecule has 1 heterocycles. The maximum absolute atomic E-state index is 12.1. The van der Waals surface area contributed by atoms with Gasteiger partial charge in [-0.05, 0) is 42.9 Å². The van der Waals surface area contributed by atoms with Crippen molar-refractivity contribution in [3.05, 3.63) is 0 Å². The Balaban J connectivity index is 1.35. The highest BCUT2D eigenvalue weighted by Crippen LogP contribution is 2.65. The molecule has 5 unspecified atom stereocenters. The molecule has 4 rings (SSSR count). The first-order valence-electron chi connectivity index (χ1n) is 6.96. The van der Waals surface area contributed by atoms with Gasteiger partial charge in [-0.15, -0.1) is 0 Å². The van der Waals surface area contributed by atoms with Gasteiger partial charge in [-0.1, -0.05) is 0 Å². The Hall–Kier alpha value is -0.610. The Morgan fingerprint density at radius 2 is 2.00 bits per heavy atom. The molecule has 4 nitrogen and oxygen atoms in total. The number of nitrogens with one attached hydrogen (secondary N) is 2. The van der Waals surface area contributed by atoms with Gasteiger partial charge in [0.05, 0.1) is 13.2 Å². The number of hydrogen-bond donors (Lipinski definition) is 2. The lowest BCUT2D eigenvalue weighted by atomic mass is 10.0. The van der Waals surface area contributed by atoms with Crippen LogP contribution >= 0.6 is 0 Å². The number of carbonyl (C=O) groups excluding carboxylic acids is 1. The molecule has 2 N–H and O–H groups in total. The van der Waals surface area contributed by atoms with E-state index in [4.69, 9.17) is 4.74 Å². The second-order valence-corrected chi connectivity index (χ2v) is 6.10. The molecule has 0 radical (unpaired) electrons. The summed E-state index contributed by atoms with van der Waals surface area (Å²) in [6.07, 6.45) is 4.25. The molecule has 0 spiro atoms. The van der Waals surface area contributed by atoms with Gasteiger partial charge in [-0.3, -0.25) is 4.79 Å². The zero-order chi connectivity index (χ0) is 11.4. The Morgan fingerprint density at radius 3 is 2.65 bits per heavy atom. The summed E-state index contributed by atoms with van der Waals surface area (Å²) in [5.41, 5.74) is 0. The normalized spacial score (nSPS) is 51.1. The van der Waals surface area contributed by atoms with Crippen LogP contribution in [0.3, 0.4) is 0 Å². The molecule has 2 bridgehead atoms. The van der Waals surface area contributed by atoms with E-state index in [-0.39, 0.29) is 11.9 Å². The summed E-state index contributed by atoms with van der Waals surface area (Å²) < 4.78 is 5.33. The quantitative estimate of drug-likeness (QED) is 0.717. The Kier molecular flexibility index (Phi) is 2.24. The molecule has 4 aliphatic rings. The Labute approximate surface area is 101 Å². The van der Waals surface area contributed by atoms with Crippen LogP contribution in [0.4, 0.5) is 0 Å². The van der Waals surface area contributed by atoms with E-state index in [2.05, 4.69) is 10.6 Å². The highest BCUT2D eigenvalue weighted by Gasteiger charge is 2.65. The van der Waals surface area contributed by atoms with E-state index in [0.29, 0.717) is 12.6 Å². The Morgan fingerprint density at radius 1 is 1.24 bits per heavy atom. The van der Waals surface area contributed by atoms with Gasteiger partial charge in [0.2, 0.25) is 5.91 Å². The zero-order valence-electron chi connectivity index (χ0n) is 10.0. The van der Waals surface area contributed by atoms with E-state index in [1.807, 2.05) is 0 Å². The summed E-state index contributed by atoms with van der Waals surface area (Å²) in [7, 11) is 0. The second kappa shape index (κ2) is 3.69. The fourth-order valence-corrected chi connectivity index (χ4v) is 4.52. The van der Waals surface area contributed by atoms with Crippen LogP contribution in [0.25, 0.3) is 0 Å². The molecule has 3 aliphatic carbocycles. The van der Waals surface area contributed by atoms with Crippen molar-refractivity contribution >= 4 is 5.91 Å². The fourth-order valence-electron chi connectivity index (χ4n) is 4.52. The van der Waals surface area contributed by atoms with Gasteiger partial charge in [0.15, 0.2) is 0 Å². The summed E-state index contributed by atoms with van der Waals surface area (Å²) in [6.45, 7) is 2.05. The second-order valence-electron chi connectivity index (χ2n) is 6.10. The van der Waals surface area contributed by atoms with Crippen molar-refractivity contribution in [1.29, 1.82) is 0 Å². The molecular weight excluding hydrogens is 216 g/mol. The SMILES string of the molecule is O=C(NC1C2C3CCC(C3)C12)C1COCCN1. The smallest absolute Gasteiger partial charge is 0.239 e. The Bertz CT molecular complexity index is 324. The van der Waals surface area contributed by atoms with Gasteiger partial charge in [0, 0.05) is 12.6 Å². The summed E-state index contributed by atoms with van der Waals surface area (Å²) in [4.78, 5) is 12.1. The van der Waals surface area contributed by atoms with E-state index < -0.39 is 0 Å². The number of hydrogen-bond acceptors (Lipinski definition) is 3. The van der Waals surface area contributed by atoms with Crippen molar-refractivity contribution in [2.24, 2.45) is 23.7 Å². The zero-order valence-corrected chi connectivity index (χ0v) is 10.0. The van der Waals surface area contributed by atoms with E-state index in [0.717, 1.165) is 36.8 Å². The molecule has 0 aromatic heterocycles. The van der Waals surface area contributed by atoms with E-state index in [1.54, 1.807) is 0 Å². The van der Waals surface area contributed by atoms with Crippen molar-refractivity contribution in [2.75, 3.05) is 19.8 Å². The van der Waals surface area contributed by atoms with Crippen molar-refractivity contribution < 1.29 is 9.53 Å². The molecule has 1 saturated heterocycles. The molecular formula is C13H20N2O2. The van der Waals surface area contributed by atoms with E-state index >= 15 is 0 Å². The number of carbonyl (C=O) groups is 1. The average Bonchev–Trinajstić information content (AvgIpc) is 2.76. The van der Waals surface area contributed by atoms with Crippen LogP contribution in [0.1, 0.15) is 19.3 Å². The van der Waals surface area contributed by atoms with Crippen LogP contribution in [0.2, 0.25) is 0 Å². The summed E-state index contributed by atoms with van der Waals surface area (Å²) >= 11 is 0. The van der Waals surface area contributed by atoms with Gasteiger partial charge in [-0.2, -0.15) is 0 Å². The molecule has 0 aromatic carbocycles. The average molecular weight is 236 g/mol. The topological polar surface area (TPSA) is 50.4 Å². The summed E-state index contributed by atoms with van der Waals surface area (Å²) in [6, 6.07) is 0.375. The van der Waals surface area contributed by atoms with Crippen molar-refractivity contribution in [3.63, 3.8) is 0 Å². The van der Waals surface area contributed by atoms with Crippen molar-refractivity contribution in [1.82, 2.24) is 10.6 Å². The highest BCUT2D eigenvalue weighted by atomic mass is 16.5. The van der Waals surface area contributed by atoms with Gasteiger partial charge in [0.1, 0.15) is 6.04 Å². The number of fused-ring (bicyclic) bond motifs is 5. The summed E-state index contributed by atoms with van der Waals surface area (Å²) in [5.74, 6) is 3.64. The van der Waals surface area contributed by atoms with Crippen LogP contribution in [-0.2, 0) is 9.53 Å². The van der Waals surface area contributed by atoms with Crippen LogP contribution < -0.4 is 10.6 Å². The first-order chi connectivity index (χ1) is 8.34. The maximum Gasteiger partial charge on any atom is 0.239 e. The molecule has 4 heteroatoms. The predicted molar refractivity (Wildman–Crippen MR) is 62.4 cm³/mol. The van der Waals surface area contributed by atoms with Crippen LogP contribution in [0.15, 0.2) is 0 Å². The van der Waals surface area contributed by atoms with Gasteiger partial charge in [0.25, 0.3) is 0 Å². The van der Waals surface area contributed by atoms with Gasteiger partial charge in [-0.25, -0.2) is 0 Å². The molecule has 94 valence electrons. The molecule has 4 fully saturated rings. The molecule has 3 saturated carbocycles. The van der Waals surface area contributed by atoms with Gasteiger partial charge < -0.3 is 15.4 Å². The first kappa shape index (κ1) is 10.3. The lowest BCUT2D eigenvalue weighted by molar-refractivity contribution is -0.126. The lowest BCUT2D eigenvalue weighted by Crippen LogP contribution is -2.52. The van der Waals surface area contributed by atoms with Crippen LogP contribution in [-0.4, -0.2) is 37.7 Å². The molecule has 1 amide bonds. The molecule has 5 atom stereocenters. The third-order valence-electron chi connectivity index (χ3n) is 5.28. The lowest BCUT2D eigenvalue weighted by Gasteiger charge is -2.23. The molecule has 0 aromatic rings. The molecule has 1 aliphatic heterocycles. The largest absolute Gasteiger partial charge is 0.378 e. The third kappa shape index (κ3) is 1.54. The fraction of sp³-hybridized carbons (Fsp3) is 0.923. The summed E-state index contributed by atoms with van der Waals surface area (Å²) in [5, 5.41) is 6.46. The molecule has 17 heavy (non-hydrogen) atoms. The number of morpholine rings is 1. The van der Waals surface area contributed by atoms with E-state index in [9.17, 15) is 4.79 Å². The predicted octanol–water partition coefficient (Wildman–Crippen LogP) is 0.135. The number of ether oxygens (including phenoxy) is 1. The number of amides is 1. The van der Waals surface area contributed by atoms with E-state index in [1.165, 1.54) is 19.3 Å².